The third-order valence-electron chi connectivity index (χ3n) is 5.04. The van der Waals surface area contributed by atoms with Gasteiger partial charge in [0.1, 0.15) is 0 Å². The maximum absolute atomic E-state index is 10.7. The van der Waals surface area contributed by atoms with Gasteiger partial charge in [0.25, 0.3) is 0 Å². The molecule has 0 saturated carbocycles. The maximum atomic E-state index is 10.7. The number of nitrogens with zero attached hydrogens (tertiary/aromatic N) is 1. The minimum Gasteiger partial charge on any atom is -0.303 e. The van der Waals surface area contributed by atoms with Crippen molar-refractivity contribution >= 4 is 10.1 Å². The highest BCUT2D eigenvalue weighted by Crippen LogP contribution is 2.23. The summed E-state index contributed by atoms with van der Waals surface area (Å²) in [6.45, 7) is 8.74. The van der Waals surface area contributed by atoms with Crippen molar-refractivity contribution in [3.63, 3.8) is 0 Å². The molecule has 1 heterocycles. The van der Waals surface area contributed by atoms with Gasteiger partial charge in [-0.25, -0.2) is 0 Å². The van der Waals surface area contributed by atoms with Crippen molar-refractivity contribution < 1.29 is 26.1 Å². The zero-order chi connectivity index (χ0) is 20.8. The first kappa shape index (κ1) is 26.7. The molecule has 0 aromatic heterocycles. The van der Waals surface area contributed by atoms with Crippen LogP contribution in [0.5, 0.6) is 0 Å². The van der Waals surface area contributed by atoms with E-state index < -0.39 is 15.6 Å². The average Bonchev–Trinajstić information content (AvgIpc) is 2.59. The Kier molecular flexibility index (Phi) is 14.4. The van der Waals surface area contributed by atoms with Crippen LogP contribution in [0.2, 0.25) is 0 Å². The van der Waals surface area contributed by atoms with Crippen molar-refractivity contribution in [2.75, 3.05) is 19.6 Å². The number of alkyl halides is 3. The lowest BCUT2D eigenvalue weighted by molar-refractivity contribution is -0.0510. The second-order valence-corrected chi connectivity index (χ2v) is 8.88. The zero-order valence-electron chi connectivity index (χ0n) is 16.9. The predicted octanol–water partition coefficient (Wildman–Crippen LogP) is 6.03. The Morgan fingerprint density at radius 3 is 1.78 bits per heavy atom. The average molecular weight is 418 g/mol. The SMILES string of the molecule is CCCCCCCCCN1CCC(CCCC)CC1.O=S(=O)(O)C(F)(F)F. The molecular weight excluding hydrogens is 379 g/mol. The molecule has 0 aromatic rings. The molecule has 0 unspecified atom stereocenters. The first-order valence-corrected chi connectivity index (χ1v) is 11.8. The molecule has 1 rings (SSSR count). The van der Waals surface area contributed by atoms with E-state index >= 15 is 0 Å². The van der Waals surface area contributed by atoms with Gasteiger partial charge in [0.15, 0.2) is 0 Å². The van der Waals surface area contributed by atoms with Crippen LogP contribution >= 0.6 is 0 Å². The fraction of sp³-hybridized carbons (Fsp3) is 1.00. The Labute approximate surface area is 163 Å². The summed E-state index contributed by atoms with van der Waals surface area (Å²) in [7, 11) is -5.84. The van der Waals surface area contributed by atoms with Crippen molar-refractivity contribution in [2.24, 2.45) is 5.92 Å². The summed E-state index contributed by atoms with van der Waals surface area (Å²) < 4.78 is 57.5. The molecule has 0 aliphatic carbocycles. The molecule has 1 fully saturated rings. The molecule has 4 nitrogen and oxygen atoms in total. The quantitative estimate of drug-likeness (QED) is 0.253. The lowest BCUT2D eigenvalue weighted by Crippen LogP contribution is -2.34. The molecule has 0 amide bonds. The fourth-order valence-electron chi connectivity index (χ4n) is 3.28. The van der Waals surface area contributed by atoms with Crippen LogP contribution in [-0.2, 0) is 10.1 Å². The highest BCUT2D eigenvalue weighted by Gasteiger charge is 2.44. The first-order chi connectivity index (χ1) is 12.6. The van der Waals surface area contributed by atoms with Crippen LogP contribution in [0.25, 0.3) is 0 Å². The number of hydrogen-bond donors (Lipinski definition) is 1. The number of rotatable bonds is 11. The summed E-state index contributed by atoms with van der Waals surface area (Å²) in [6.07, 6.45) is 17.3. The van der Waals surface area contributed by atoms with Gasteiger partial charge < -0.3 is 4.90 Å². The largest absolute Gasteiger partial charge is 0.522 e. The molecule has 0 bridgehead atoms. The summed E-state index contributed by atoms with van der Waals surface area (Å²) in [5, 5.41) is 0. The van der Waals surface area contributed by atoms with Crippen LogP contribution in [0.4, 0.5) is 13.2 Å². The summed E-state index contributed by atoms with van der Waals surface area (Å²) in [5.74, 6) is 1.05. The molecule has 0 radical (unpaired) electrons. The number of likely N-dealkylation sites (tertiary alicyclic amines) is 1. The third-order valence-corrected chi connectivity index (χ3v) is 5.63. The van der Waals surface area contributed by atoms with E-state index in [0.29, 0.717) is 0 Å². The van der Waals surface area contributed by atoms with Crippen LogP contribution < -0.4 is 0 Å². The Morgan fingerprint density at radius 1 is 0.889 bits per heavy atom. The molecule has 27 heavy (non-hydrogen) atoms. The Hall–Kier alpha value is -0.340. The van der Waals surface area contributed by atoms with E-state index in [2.05, 4.69) is 18.7 Å². The van der Waals surface area contributed by atoms with Crippen LogP contribution in [-0.4, -0.2) is 43.0 Å². The monoisotopic (exact) mass is 417 g/mol. The molecule has 164 valence electrons. The predicted molar refractivity (Wildman–Crippen MR) is 104 cm³/mol. The molecule has 0 atom stereocenters. The zero-order valence-corrected chi connectivity index (χ0v) is 17.8. The summed E-state index contributed by atoms with van der Waals surface area (Å²) >= 11 is 0. The van der Waals surface area contributed by atoms with Crippen molar-refractivity contribution in [3.05, 3.63) is 0 Å². The number of piperidine rings is 1. The normalized spacial score (nSPS) is 16.8. The van der Waals surface area contributed by atoms with Crippen molar-refractivity contribution in [2.45, 2.75) is 96.4 Å². The van der Waals surface area contributed by atoms with Crippen molar-refractivity contribution in [1.82, 2.24) is 4.90 Å². The second kappa shape index (κ2) is 14.6. The van der Waals surface area contributed by atoms with Gasteiger partial charge in [-0.1, -0.05) is 71.6 Å². The van der Waals surface area contributed by atoms with Gasteiger partial charge in [0, 0.05) is 0 Å². The summed E-state index contributed by atoms with van der Waals surface area (Å²) in [5.41, 5.74) is -5.53. The lowest BCUT2D eigenvalue weighted by Gasteiger charge is -2.32. The minimum absolute atomic E-state index is 1.05. The first-order valence-electron chi connectivity index (χ1n) is 10.4. The Morgan fingerprint density at radius 2 is 1.33 bits per heavy atom. The minimum atomic E-state index is -5.84. The number of unbranched alkanes of at least 4 members (excludes halogenated alkanes) is 7. The number of hydrogen-bond acceptors (Lipinski definition) is 3. The Bertz CT molecular complexity index is 448. The standard InChI is InChI=1S/C18H37N.CHF3O3S/c1-3-5-7-8-9-10-11-15-19-16-13-18(14-17-19)12-6-4-2;2-1(3,4)8(5,6)7/h18H,3-17H2,1-2H3;(H,5,6,7). The maximum Gasteiger partial charge on any atom is 0.522 e. The fourth-order valence-corrected chi connectivity index (χ4v) is 3.28. The third kappa shape index (κ3) is 14.3. The van der Waals surface area contributed by atoms with E-state index in [9.17, 15) is 13.2 Å². The topological polar surface area (TPSA) is 57.6 Å². The Balaban J connectivity index is 0.000000713. The highest BCUT2D eigenvalue weighted by atomic mass is 32.2. The van der Waals surface area contributed by atoms with Gasteiger partial charge >= 0.3 is 15.6 Å². The summed E-state index contributed by atoms with van der Waals surface area (Å²) in [4.78, 5) is 2.72. The molecule has 8 heteroatoms. The smallest absolute Gasteiger partial charge is 0.303 e. The van der Waals surface area contributed by atoms with Crippen molar-refractivity contribution in [3.8, 4) is 0 Å². The van der Waals surface area contributed by atoms with Gasteiger partial charge in [-0.15, -0.1) is 0 Å². The van der Waals surface area contributed by atoms with Crippen LogP contribution in [0.3, 0.4) is 0 Å². The van der Waals surface area contributed by atoms with Gasteiger partial charge in [0.05, 0.1) is 0 Å². The number of halogens is 3. The van der Waals surface area contributed by atoms with Gasteiger partial charge in [-0.05, 0) is 44.8 Å². The van der Waals surface area contributed by atoms with Crippen LogP contribution in [0.15, 0.2) is 0 Å². The molecule has 1 N–H and O–H groups in total. The van der Waals surface area contributed by atoms with Crippen LogP contribution in [0, 0.1) is 5.92 Å². The summed E-state index contributed by atoms with van der Waals surface area (Å²) in [6, 6.07) is 0. The van der Waals surface area contributed by atoms with E-state index in [1.165, 1.54) is 96.7 Å². The molecule has 1 aliphatic rings. The highest BCUT2D eigenvalue weighted by molar-refractivity contribution is 7.86. The molecule has 0 aromatic carbocycles. The van der Waals surface area contributed by atoms with Gasteiger partial charge in [-0.2, -0.15) is 21.6 Å². The van der Waals surface area contributed by atoms with E-state index in [4.69, 9.17) is 13.0 Å². The van der Waals surface area contributed by atoms with E-state index in [0.717, 1.165) is 5.92 Å². The molecular formula is C19H38F3NO3S. The molecule has 0 spiro atoms. The van der Waals surface area contributed by atoms with E-state index in [-0.39, 0.29) is 0 Å². The van der Waals surface area contributed by atoms with Crippen LogP contribution in [0.1, 0.15) is 90.9 Å². The molecule has 1 saturated heterocycles. The van der Waals surface area contributed by atoms with Crippen molar-refractivity contribution in [1.29, 1.82) is 0 Å². The van der Waals surface area contributed by atoms with E-state index in [1.54, 1.807) is 0 Å². The van der Waals surface area contributed by atoms with Gasteiger partial charge in [-0.3, -0.25) is 4.55 Å². The molecule has 1 aliphatic heterocycles. The second-order valence-electron chi connectivity index (χ2n) is 7.47. The van der Waals surface area contributed by atoms with E-state index in [1.807, 2.05) is 0 Å². The van der Waals surface area contributed by atoms with Gasteiger partial charge in [0.2, 0.25) is 0 Å². The lowest BCUT2D eigenvalue weighted by atomic mass is 9.91.